The Kier molecular flexibility index (Phi) is 5.05. The van der Waals surface area contributed by atoms with Gasteiger partial charge in [0.15, 0.2) is 0 Å². The molecule has 0 atom stereocenters. The van der Waals surface area contributed by atoms with Crippen LogP contribution >= 0.6 is 0 Å². The standard InChI is InChI=1S/C12H18O2/c1-2-3-4-7-10-14-12(13)11-8-5-6-9-11/h5-6,8-9,11H,2-4,7,10H2,1H3. The summed E-state index contributed by atoms with van der Waals surface area (Å²) in [6.45, 7) is 2.73. The molecule has 1 rings (SSSR count). The first kappa shape index (κ1) is 11.0. The zero-order valence-corrected chi connectivity index (χ0v) is 8.74. The van der Waals surface area contributed by atoms with E-state index in [1.807, 2.05) is 24.3 Å². The molecular weight excluding hydrogens is 176 g/mol. The van der Waals surface area contributed by atoms with E-state index in [2.05, 4.69) is 6.92 Å². The Labute approximate surface area is 85.6 Å². The van der Waals surface area contributed by atoms with E-state index in [1.165, 1.54) is 12.8 Å². The largest absolute Gasteiger partial charge is 0.465 e. The highest BCUT2D eigenvalue weighted by atomic mass is 16.5. The fourth-order valence-electron chi connectivity index (χ4n) is 1.39. The van der Waals surface area contributed by atoms with Crippen LogP contribution in [-0.4, -0.2) is 12.6 Å². The first-order chi connectivity index (χ1) is 6.84. The first-order valence-corrected chi connectivity index (χ1v) is 5.36. The van der Waals surface area contributed by atoms with Crippen molar-refractivity contribution >= 4 is 5.97 Å². The second-order valence-electron chi connectivity index (χ2n) is 3.52. The Morgan fingerprint density at radius 2 is 1.93 bits per heavy atom. The average Bonchev–Trinajstić information content (AvgIpc) is 2.70. The zero-order chi connectivity index (χ0) is 10.2. The fraction of sp³-hybridized carbons (Fsp3) is 0.583. The highest BCUT2D eigenvalue weighted by Crippen LogP contribution is 2.11. The zero-order valence-electron chi connectivity index (χ0n) is 8.74. The van der Waals surface area contributed by atoms with E-state index >= 15 is 0 Å². The molecule has 0 heterocycles. The summed E-state index contributed by atoms with van der Waals surface area (Å²) in [5.74, 6) is -0.257. The summed E-state index contributed by atoms with van der Waals surface area (Å²) in [5.41, 5.74) is 0. The van der Waals surface area contributed by atoms with E-state index in [-0.39, 0.29) is 11.9 Å². The molecular formula is C12H18O2. The number of rotatable bonds is 6. The Bertz CT molecular complexity index is 216. The maximum absolute atomic E-state index is 11.4. The predicted octanol–water partition coefficient (Wildman–Crippen LogP) is 2.85. The monoisotopic (exact) mass is 194 g/mol. The maximum Gasteiger partial charge on any atom is 0.316 e. The highest BCUT2D eigenvalue weighted by molar-refractivity contribution is 5.77. The summed E-state index contributed by atoms with van der Waals surface area (Å²) in [6, 6.07) is 0. The van der Waals surface area contributed by atoms with Crippen LogP contribution < -0.4 is 0 Å². The van der Waals surface area contributed by atoms with E-state index in [1.54, 1.807) is 0 Å². The molecule has 0 spiro atoms. The molecule has 2 nitrogen and oxygen atoms in total. The average molecular weight is 194 g/mol. The second-order valence-corrected chi connectivity index (χ2v) is 3.52. The van der Waals surface area contributed by atoms with Crippen LogP contribution in [0.5, 0.6) is 0 Å². The van der Waals surface area contributed by atoms with Gasteiger partial charge in [-0.05, 0) is 6.42 Å². The lowest BCUT2D eigenvalue weighted by Gasteiger charge is -2.06. The number of hydrogen-bond donors (Lipinski definition) is 0. The predicted molar refractivity (Wildman–Crippen MR) is 56.9 cm³/mol. The molecule has 0 saturated carbocycles. The van der Waals surface area contributed by atoms with E-state index < -0.39 is 0 Å². The fourth-order valence-corrected chi connectivity index (χ4v) is 1.39. The third-order valence-electron chi connectivity index (χ3n) is 2.26. The van der Waals surface area contributed by atoms with Crippen molar-refractivity contribution in [3.8, 4) is 0 Å². The molecule has 0 aromatic rings. The van der Waals surface area contributed by atoms with E-state index in [9.17, 15) is 4.79 Å². The van der Waals surface area contributed by atoms with Crippen molar-refractivity contribution in [2.75, 3.05) is 6.61 Å². The van der Waals surface area contributed by atoms with Gasteiger partial charge in [0.05, 0.1) is 12.5 Å². The number of unbranched alkanes of at least 4 members (excludes halogenated alkanes) is 3. The summed E-state index contributed by atoms with van der Waals surface area (Å²) in [4.78, 5) is 11.4. The molecule has 0 aliphatic heterocycles. The minimum Gasteiger partial charge on any atom is -0.465 e. The number of hydrogen-bond acceptors (Lipinski definition) is 2. The van der Waals surface area contributed by atoms with Gasteiger partial charge in [0.1, 0.15) is 0 Å². The lowest BCUT2D eigenvalue weighted by atomic mass is 10.2. The number of carbonyl (C=O) groups is 1. The van der Waals surface area contributed by atoms with Gasteiger partial charge in [0, 0.05) is 0 Å². The summed E-state index contributed by atoms with van der Waals surface area (Å²) >= 11 is 0. The molecule has 0 N–H and O–H groups in total. The molecule has 0 fully saturated rings. The van der Waals surface area contributed by atoms with Crippen molar-refractivity contribution in [3.05, 3.63) is 24.3 Å². The molecule has 0 unspecified atom stereocenters. The molecule has 0 amide bonds. The third kappa shape index (κ3) is 3.77. The van der Waals surface area contributed by atoms with Gasteiger partial charge in [0.25, 0.3) is 0 Å². The summed E-state index contributed by atoms with van der Waals surface area (Å²) in [7, 11) is 0. The van der Waals surface area contributed by atoms with Gasteiger partial charge in [-0.2, -0.15) is 0 Å². The van der Waals surface area contributed by atoms with Crippen LogP contribution in [0.2, 0.25) is 0 Å². The van der Waals surface area contributed by atoms with Crippen LogP contribution in [-0.2, 0) is 9.53 Å². The molecule has 0 aromatic heterocycles. The molecule has 2 heteroatoms. The molecule has 14 heavy (non-hydrogen) atoms. The van der Waals surface area contributed by atoms with Gasteiger partial charge >= 0.3 is 5.97 Å². The Balaban J connectivity index is 2.03. The van der Waals surface area contributed by atoms with E-state index in [0.717, 1.165) is 12.8 Å². The molecule has 0 saturated heterocycles. The molecule has 78 valence electrons. The van der Waals surface area contributed by atoms with Crippen LogP contribution in [0.1, 0.15) is 32.6 Å². The van der Waals surface area contributed by atoms with Gasteiger partial charge in [0.2, 0.25) is 0 Å². The number of ether oxygens (including phenoxy) is 1. The lowest BCUT2D eigenvalue weighted by molar-refractivity contribution is -0.145. The van der Waals surface area contributed by atoms with Gasteiger partial charge in [-0.1, -0.05) is 50.5 Å². The van der Waals surface area contributed by atoms with Gasteiger partial charge < -0.3 is 4.74 Å². The molecule has 0 bridgehead atoms. The summed E-state index contributed by atoms with van der Waals surface area (Å²) in [6.07, 6.45) is 12.0. The minimum absolute atomic E-state index is 0.119. The number of esters is 1. The normalized spacial score (nSPS) is 14.9. The smallest absolute Gasteiger partial charge is 0.316 e. The van der Waals surface area contributed by atoms with Crippen LogP contribution in [0.25, 0.3) is 0 Å². The number of allylic oxidation sites excluding steroid dienone is 2. The minimum atomic E-state index is -0.138. The van der Waals surface area contributed by atoms with Gasteiger partial charge in [-0.3, -0.25) is 4.79 Å². The number of carbonyl (C=O) groups excluding carboxylic acids is 1. The van der Waals surface area contributed by atoms with Crippen molar-refractivity contribution in [1.82, 2.24) is 0 Å². The topological polar surface area (TPSA) is 26.3 Å². The van der Waals surface area contributed by atoms with Crippen molar-refractivity contribution < 1.29 is 9.53 Å². The van der Waals surface area contributed by atoms with Crippen LogP contribution in [0.4, 0.5) is 0 Å². The Morgan fingerprint density at radius 1 is 1.21 bits per heavy atom. The van der Waals surface area contributed by atoms with E-state index in [0.29, 0.717) is 6.61 Å². The molecule has 1 aliphatic carbocycles. The second kappa shape index (κ2) is 6.41. The summed E-state index contributed by atoms with van der Waals surface area (Å²) < 4.78 is 5.13. The Hall–Kier alpha value is -1.05. The summed E-state index contributed by atoms with van der Waals surface area (Å²) in [5, 5.41) is 0. The van der Waals surface area contributed by atoms with Crippen molar-refractivity contribution in [1.29, 1.82) is 0 Å². The highest BCUT2D eigenvalue weighted by Gasteiger charge is 2.14. The van der Waals surface area contributed by atoms with Crippen molar-refractivity contribution in [3.63, 3.8) is 0 Å². The first-order valence-electron chi connectivity index (χ1n) is 5.36. The molecule has 0 radical (unpaired) electrons. The quantitative estimate of drug-likeness (QED) is 0.480. The Morgan fingerprint density at radius 3 is 2.57 bits per heavy atom. The van der Waals surface area contributed by atoms with Crippen LogP contribution in [0, 0.1) is 5.92 Å². The van der Waals surface area contributed by atoms with Gasteiger partial charge in [-0.15, -0.1) is 0 Å². The third-order valence-corrected chi connectivity index (χ3v) is 2.26. The molecule has 0 aromatic carbocycles. The van der Waals surface area contributed by atoms with E-state index in [4.69, 9.17) is 4.74 Å². The van der Waals surface area contributed by atoms with Crippen LogP contribution in [0.15, 0.2) is 24.3 Å². The lowest BCUT2D eigenvalue weighted by Crippen LogP contribution is -2.13. The van der Waals surface area contributed by atoms with Crippen molar-refractivity contribution in [2.24, 2.45) is 5.92 Å². The van der Waals surface area contributed by atoms with Crippen molar-refractivity contribution in [2.45, 2.75) is 32.6 Å². The molecule has 1 aliphatic rings. The maximum atomic E-state index is 11.4. The van der Waals surface area contributed by atoms with Crippen LogP contribution in [0.3, 0.4) is 0 Å². The SMILES string of the molecule is CCCCCCOC(=O)C1C=CC=C1. The van der Waals surface area contributed by atoms with Gasteiger partial charge in [-0.25, -0.2) is 0 Å².